The number of hydrogen-bond acceptors (Lipinski definition) is 5. The predicted octanol–water partition coefficient (Wildman–Crippen LogP) is 6.26. The van der Waals surface area contributed by atoms with Crippen LogP contribution >= 0.6 is 0 Å². The molecule has 8 nitrogen and oxygen atoms in total. The van der Waals surface area contributed by atoms with E-state index in [0.29, 0.717) is 29.8 Å². The van der Waals surface area contributed by atoms with Crippen LogP contribution in [-0.4, -0.2) is 46.1 Å². The maximum atomic E-state index is 14.2. The van der Waals surface area contributed by atoms with Gasteiger partial charge in [0.1, 0.15) is 23.4 Å². The fraction of sp³-hybridized carbons (Fsp3) is 0.516. The van der Waals surface area contributed by atoms with Crippen molar-refractivity contribution in [1.82, 2.24) is 10.2 Å². The number of nitrogens with one attached hydrogen (secondary N) is 2. The van der Waals surface area contributed by atoms with Gasteiger partial charge < -0.3 is 25.4 Å². The number of amides is 3. The molecule has 2 aromatic rings. The summed E-state index contributed by atoms with van der Waals surface area (Å²) in [6.07, 6.45) is 1.80. The molecular formula is C31H45N3O5. The first-order valence-electron chi connectivity index (χ1n) is 13.7. The number of aromatic hydroxyl groups is 1. The minimum Gasteiger partial charge on any atom is -0.508 e. The molecule has 0 radical (unpaired) electrons. The molecular weight excluding hydrogens is 494 g/mol. The number of nitrogens with zero attached hydrogens (tertiary/aromatic N) is 1. The van der Waals surface area contributed by atoms with E-state index in [4.69, 9.17) is 4.74 Å². The van der Waals surface area contributed by atoms with Crippen molar-refractivity contribution in [2.24, 2.45) is 5.92 Å². The zero-order valence-electron chi connectivity index (χ0n) is 24.6. The number of anilines is 1. The topological polar surface area (TPSA) is 108 Å². The Hall–Kier alpha value is -3.55. The van der Waals surface area contributed by atoms with E-state index in [-0.39, 0.29) is 23.5 Å². The fourth-order valence-electron chi connectivity index (χ4n) is 4.26. The van der Waals surface area contributed by atoms with Crippen LogP contribution in [-0.2, 0) is 14.3 Å². The van der Waals surface area contributed by atoms with Gasteiger partial charge in [0.2, 0.25) is 5.91 Å². The molecule has 0 aliphatic heterocycles. The predicted molar refractivity (Wildman–Crippen MR) is 155 cm³/mol. The number of phenols is 1. The lowest BCUT2D eigenvalue weighted by molar-refractivity contribution is -0.141. The number of rotatable bonds is 11. The third-order valence-corrected chi connectivity index (χ3v) is 6.39. The van der Waals surface area contributed by atoms with Crippen molar-refractivity contribution < 1.29 is 24.2 Å². The van der Waals surface area contributed by atoms with E-state index < -0.39 is 23.8 Å². The molecule has 0 heterocycles. The van der Waals surface area contributed by atoms with E-state index in [1.165, 1.54) is 6.07 Å². The van der Waals surface area contributed by atoms with Gasteiger partial charge in [-0.05, 0) is 81.8 Å². The summed E-state index contributed by atoms with van der Waals surface area (Å²) in [5.41, 5.74) is 1.98. The van der Waals surface area contributed by atoms with Gasteiger partial charge in [-0.3, -0.25) is 9.59 Å². The quantitative estimate of drug-likeness (QED) is 0.292. The van der Waals surface area contributed by atoms with Crippen LogP contribution in [0, 0.1) is 19.8 Å². The van der Waals surface area contributed by atoms with Crippen LogP contribution < -0.4 is 10.6 Å². The number of benzene rings is 2. The lowest BCUT2D eigenvalue weighted by Crippen LogP contribution is -2.54. The number of hydrogen-bond donors (Lipinski definition) is 3. The monoisotopic (exact) mass is 539 g/mol. The normalized spacial score (nSPS) is 12.9. The SMILES string of the molecule is CCCCCN(C(=O)C(NC(=O)OC(C)(C)C)C(C)C)C(C(=O)Nc1ccccc1C)c1ccc(O)c(C)c1. The Morgan fingerprint density at radius 3 is 2.23 bits per heavy atom. The van der Waals surface area contributed by atoms with E-state index in [1.807, 2.05) is 45.0 Å². The minimum atomic E-state index is -0.991. The summed E-state index contributed by atoms with van der Waals surface area (Å²) >= 11 is 0. The van der Waals surface area contributed by atoms with Gasteiger partial charge in [-0.15, -0.1) is 0 Å². The number of alkyl carbamates (subject to hydrolysis) is 1. The summed E-state index contributed by atoms with van der Waals surface area (Å²) in [4.78, 5) is 42.4. The van der Waals surface area contributed by atoms with Crippen molar-refractivity contribution in [3.63, 3.8) is 0 Å². The molecule has 2 aromatic carbocycles. The van der Waals surface area contributed by atoms with Crippen LogP contribution in [0.3, 0.4) is 0 Å². The second kappa shape index (κ2) is 14.0. The third kappa shape index (κ3) is 9.30. The number of phenolic OH excluding ortho intramolecular Hbond substituents is 1. The maximum absolute atomic E-state index is 14.2. The number of para-hydroxylation sites is 1. The molecule has 3 amide bonds. The van der Waals surface area contributed by atoms with Crippen molar-refractivity contribution in [1.29, 1.82) is 0 Å². The molecule has 0 spiro atoms. The summed E-state index contributed by atoms with van der Waals surface area (Å²) in [6.45, 7) is 15.0. The first kappa shape index (κ1) is 31.7. The van der Waals surface area contributed by atoms with E-state index in [1.54, 1.807) is 44.7 Å². The summed E-state index contributed by atoms with van der Waals surface area (Å²) in [5.74, 6) is -0.908. The largest absolute Gasteiger partial charge is 0.508 e. The molecule has 2 atom stereocenters. The van der Waals surface area contributed by atoms with Crippen molar-refractivity contribution in [2.75, 3.05) is 11.9 Å². The van der Waals surface area contributed by atoms with Gasteiger partial charge in [0.05, 0.1) is 0 Å². The second-order valence-corrected chi connectivity index (χ2v) is 11.4. The zero-order chi connectivity index (χ0) is 29.3. The minimum absolute atomic E-state index is 0.104. The Labute approximate surface area is 233 Å². The number of carbonyl (C=O) groups excluding carboxylic acids is 3. The molecule has 39 heavy (non-hydrogen) atoms. The molecule has 0 saturated carbocycles. The smallest absolute Gasteiger partial charge is 0.408 e. The molecule has 0 saturated heterocycles. The lowest BCUT2D eigenvalue weighted by atomic mass is 9.97. The molecule has 0 aromatic heterocycles. The van der Waals surface area contributed by atoms with Crippen molar-refractivity contribution in [2.45, 2.75) is 92.3 Å². The highest BCUT2D eigenvalue weighted by atomic mass is 16.6. The summed E-state index contributed by atoms with van der Waals surface area (Å²) in [7, 11) is 0. The zero-order valence-corrected chi connectivity index (χ0v) is 24.6. The van der Waals surface area contributed by atoms with Crippen LogP contribution in [0.25, 0.3) is 0 Å². The van der Waals surface area contributed by atoms with Gasteiger partial charge in [0.25, 0.3) is 5.91 Å². The number of aryl methyl sites for hydroxylation is 2. The van der Waals surface area contributed by atoms with Crippen LogP contribution in [0.2, 0.25) is 0 Å². The van der Waals surface area contributed by atoms with Gasteiger partial charge >= 0.3 is 6.09 Å². The first-order chi connectivity index (χ1) is 18.2. The number of unbranched alkanes of at least 4 members (excludes halogenated alkanes) is 2. The van der Waals surface area contributed by atoms with Crippen molar-refractivity contribution >= 4 is 23.6 Å². The molecule has 214 valence electrons. The van der Waals surface area contributed by atoms with Gasteiger partial charge in [0, 0.05) is 12.2 Å². The first-order valence-corrected chi connectivity index (χ1v) is 13.7. The highest BCUT2D eigenvalue weighted by Gasteiger charge is 2.37. The van der Waals surface area contributed by atoms with Gasteiger partial charge in [-0.25, -0.2) is 4.79 Å². The third-order valence-electron chi connectivity index (χ3n) is 6.39. The Morgan fingerprint density at radius 2 is 1.67 bits per heavy atom. The fourth-order valence-corrected chi connectivity index (χ4v) is 4.26. The van der Waals surface area contributed by atoms with E-state index in [9.17, 15) is 19.5 Å². The van der Waals surface area contributed by atoms with E-state index in [0.717, 1.165) is 18.4 Å². The Morgan fingerprint density at radius 1 is 1.00 bits per heavy atom. The van der Waals surface area contributed by atoms with Crippen LogP contribution in [0.4, 0.5) is 10.5 Å². The molecule has 0 fully saturated rings. The number of carbonyl (C=O) groups is 3. The second-order valence-electron chi connectivity index (χ2n) is 11.4. The van der Waals surface area contributed by atoms with Gasteiger partial charge in [0.15, 0.2) is 0 Å². The summed E-state index contributed by atoms with van der Waals surface area (Å²) in [5, 5.41) is 15.9. The Bertz CT molecular complexity index is 1140. The highest BCUT2D eigenvalue weighted by molar-refractivity contribution is 5.99. The summed E-state index contributed by atoms with van der Waals surface area (Å²) < 4.78 is 5.43. The molecule has 0 aliphatic carbocycles. The average molecular weight is 540 g/mol. The average Bonchev–Trinajstić information content (AvgIpc) is 2.84. The molecule has 0 bridgehead atoms. The van der Waals surface area contributed by atoms with Gasteiger partial charge in [-0.2, -0.15) is 0 Å². The highest BCUT2D eigenvalue weighted by Crippen LogP contribution is 2.29. The van der Waals surface area contributed by atoms with Crippen LogP contribution in [0.1, 0.15) is 83.5 Å². The summed E-state index contributed by atoms with van der Waals surface area (Å²) in [6, 6.07) is 10.5. The molecule has 0 aliphatic rings. The van der Waals surface area contributed by atoms with E-state index >= 15 is 0 Å². The van der Waals surface area contributed by atoms with Crippen molar-refractivity contribution in [3.05, 3.63) is 59.2 Å². The van der Waals surface area contributed by atoms with Crippen LogP contribution in [0.5, 0.6) is 5.75 Å². The Balaban J connectivity index is 2.57. The molecule has 2 unspecified atom stereocenters. The standard InChI is InChI=1S/C31H45N3O5/c1-9-10-13-18-34(29(37)26(20(2)3)33-30(38)39-31(6,7)8)27(23-16-17-25(35)22(5)19-23)28(36)32-24-15-12-11-14-21(24)4/h11-12,14-17,19-20,26-27,35H,9-10,13,18H2,1-8H3,(H,32,36)(H,33,38). The van der Waals surface area contributed by atoms with Crippen LogP contribution in [0.15, 0.2) is 42.5 Å². The number of ether oxygens (including phenoxy) is 1. The van der Waals surface area contributed by atoms with Crippen molar-refractivity contribution in [3.8, 4) is 5.75 Å². The van der Waals surface area contributed by atoms with E-state index in [2.05, 4.69) is 17.6 Å². The molecule has 8 heteroatoms. The Kier molecular flexibility index (Phi) is 11.4. The molecule has 3 N–H and O–H groups in total. The molecule has 2 rings (SSSR count). The maximum Gasteiger partial charge on any atom is 0.408 e. The lowest BCUT2D eigenvalue weighted by Gasteiger charge is -2.36. The van der Waals surface area contributed by atoms with Gasteiger partial charge in [-0.1, -0.05) is 57.9 Å².